The first-order valence-corrected chi connectivity index (χ1v) is 10.2. The number of aromatic nitrogens is 2. The molecule has 0 aliphatic rings. The van der Waals surface area contributed by atoms with Crippen molar-refractivity contribution in [3.8, 4) is 22.9 Å². The SMILES string of the molecule is CCCCCCCOc1cnc(-c2ccc(OS(=O)(=O)C(F)(F)F)cc2)nc1. The van der Waals surface area contributed by atoms with Crippen molar-refractivity contribution in [2.75, 3.05) is 6.61 Å². The summed E-state index contributed by atoms with van der Waals surface area (Å²) in [5.74, 6) is 0.389. The average molecular weight is 418 g/mol. The van der Waals surface area contributed by atoms with Gasteiger partial charge in [0.05, 0.1) is 19.0 Å². The zero-order valence-corrected chi connectivity index (χ0v) is 16.1. The van der Waals surface area contributed by atoms with Crippen molar-refractivity contribution in [1.82, 2.24) is 9.97 Å². The van der Waals surface area contributed by atoms with E-state index in [4.69, 9.17) is 4.74 Å². The molecule has 0 saturated carbocycles. The Morgan fingerprint density at radius 3 is 2.11 bits per heavy atom. The number of hydrogen-bond donors (Lipinski definition) is 0. The second kappa shape index (κ2) is 9.72. The van der Waals surface area contributed by atoms with Gasteiger partial charge in [-0.25, -0.2) is 9.97 Å². The third-order valence-corrected chi connectivity index (χ3v) is 4.73. The van der Waals surface area contributed by atoms with E-state index in [0.717, 1.165) is 25.0 Å². The third kappa shape index (κ3) is 6.36. The summed E-state index contributed by atoms with van der Waals surface area (Å²) < 4.78 is 68.5. The van der Waals surface area contributed by atoms with Crippen LogP contribution in [0, 0.1) is 0 Å². The van der Waals surface area contributed by atoms with Crippen LogP contribution in [0.5, 0.6) is 11.5 Å². The summed E-state index contributed by atoms with van der Waals surface area (Å²) in [7, 11) is -5.70. The van der Waals surface area contributed by atoms with Crippen molar-refractivity contribution in [2.24, 2.45) is 0 Å². The smallest absolute Gasteiger partial charge is 0.490 e. The Balaban J connectivity index is 1.92. The van der Waals surface area contributed by atoms with Gasteiger partial charge in [-0.1, -0.05) is 32.6 Å². The fourth-order valence-corrected chi connectivity index (χ4v) is 2.73. The van der Waals surface area contributed by atoms with Gasteiger partial charge in [0.15, 0.2) is 11.6 Å². The van der Waals surface area contributed by atoms with E-state index in [9.17, 15) is 21.6 Å². The molecule has 2 rings (SSSR count). The Hall–Kier alpha value is -2.36. The van der Waals surface area contributed by atoms with E-state index in [1.807, 2.05) is 0 Å². The molecule has 2 aromatic rings. The molecule has 0 aliphatic heterocycles. The van der Waals surface area contributed by atoms with Crippen LogP contribution in [-0.2, 0) is 10.1 Å². The van der Waals surface area contributed by atoms with Crippen LogP contribution >= 0.6 is 0 Å². The second-order valence-electron chi connectivity index (χ2n) is 6.01. The van der Waals surface area contributed by atoms with Gasteiger partial charge >= 0.3 is 15.6 Å². The summed E-state index contributed by atoms with van der Waals surface area (Å²) in [6, 6.07) is 4.93. The van der Waals surface area contributed by atoms with Gasteiger partial charge < -0.3 is 8.92 Å². The van der Waals surface area contributed by atoms with E-state index in [1.165, 1.54) is 43.8 Å². The minimum atomic E-state index is -5.70. The lowest BCUT2D eigenvalue weighted by atomic mass is 10.2. The maximum absolute atomic E-state index is 12.3. The number of nitrogens with zero attached hydrogens (tertiary/aromatic N) is 2. The highest BCUT2D eigenvalue weighted by Gasteiger charge is 2.48. The molecule has 1 aromatic heterocycles. The number of unbranched alkanes of at least 4 members (excludes halogenated alkanes) is 4. The first kappa shape index (κ1) is 21.9. The number of hydrogen-bond acceptors (Lipinski definition) is 6. The van der Waals surface area contributed by atoms with E-state index in [2.05, 4.69) is 21.1 Å². The minimum absolute atomic E-state index is 0.320. The summed E-state index contributed by atoms with van der Waals surface area (Å²) >= 11 is 0. The van der Waals surface area contributed by atoms with Gasteiger partial charge in [0.25, 0.3) is 0 Å². The molecule has 0 amide bonds. The first-order chi connectivity index (χ1) is 13.2. The van der Waals surface area contributed by atoms with Crippen LogP contribution in [0.4, 0.5) is 13.2 Å². The predicted octanol–water partition coefficient (Wildman–Crippen LogP) is 4.72. The van der Waals surface area contributed by atoms with Crippen molar-refractivity contribution < 1.29 is 30.5 Å². The number of ether oxygens (including phenoxy) is 1. The summed E-state index contributed by atoms with van der Waals surface area (Å²) in [4.78, 5) is 8.29. The van der Waals surface area contributed by atoms with Crippen LogP contribution in [0.2, 0.25) is 0 Å². The second-order valence-corrected chi connectivity index (χ2v) is 7.55. The van der Waals surface area contributed by atoms with Crippen LogP contribution in [0.25, 0.3) is 11.4 Å². The Labute approximate surface area is 161 Å². The molecule has 0 atom stereocenters. The topological polar surface area (TPSA) is 78.4 Å². The van der Waals surface area contributed by atoms with Gasteiger partial charge in [0.1, 0.15) is 5.75 Å². The predicted molar refractivity (Wildman–Crippen MR) is 97.3 cm³/mol. The molecular formula is C18H21F3N2O4S. The lowest BCUT2D eigenvalue weighted by Gasteiger charge is -2.09. The normalized spacial score (nSPS) is 12.0. The van der Waals surface area contributed by atoms with Crippen LogP contribution in [0.15, 0.2) is 36.7 Å². The van der Waals surface area contributed by atoms with Crippen molar-refractivity contribution >= 4 is 10.1 Å². The van der Waals surface area contributed by atoms with Crippen molar-refractivity contribution in [3.05, 3.63) is 36.7 Å². The molecule has 154 valence electrons. The highest BCUT2D eigenvalue weighted by Crippen LogP contribution is 2.28. The van der Waals surface area contributed by atoms with E-state index in [0.29, 0.717) is 23.7 Å². The number of halogens is 3. The average Bonchev–Trinajstić information content (AvgIpc) is 2.64. The molecule has 0 saturated heterocycles. The summed E-state index contributed by atoms with van der Waals surface area (Å²) in [5, 5.41) is 0. The maximum atomic E-state index is 12.3. The van der Waals surface area contributed by atoms with Gasteiger partial charge in [-0.05, 0) is 30.7 Å². The molecule has 0 unspecified atom stereocenters. The van der Waals surface area contributed by atoms with Gasteiger partial charge in [0, 0.05) is 5.56 Å². The standard InChI is InChI=1S/C18H21F3N2O4S/c1-2-3-4-5-6-11-26-16-12-22-17(23-13-16)14-7-9-15(10-8-14)27-28(24,25)18(19,20)21/h7-10,12-13H,2-6,11H2,1H3. The van der Waals surface area contributed by atoms with Crippen molar-refractivity contribution in [3.63, 3.8) is 0 Å². The van der Waals surface area contributed by atoms with Gasteiger partial charge in [-0.15, -0.1) is 0 Å². The molecule has 0 radical (unpaired) electrons. The molecule has 0 fully saturated rings. The Morgan fingerprint density at radius 2 is 1.54 bits per heavy atom. The first-order valence-electron chi connectivity index (χ1n) is 8.79. The van der Waals surface area contributed by atoms with E-state index in [-0.39, 0.29) is 0 Å². The molecule has 6 nitrogen and oxygen atoms in total. The fourth-order valence-electron chi connectivity index (χ4n) is 2.27. The van der Waals surface area contributed by atoms with E-state index >= 15 is 0 Å². The Bertz CT molecular complexity index is 839. The molecule has 28 heavy (non-hydrogen) atoms. The Morgan fingerprint density at radius 1 is 0.929 bits per heavy atom. The van der Waals surface area contributed by atoms with Gasteiger partial charge in [-0.2, -0.15) is 21.6 Å². The fraction of sp³-hybridized carbons (Fsp3) is 0.444. The highest BCUT2D eigenvalue weighted by atomic mass is 32.2. The summed E-state index contributed by atoms with van der Waals surface area (Å²) in [5.41, 5.74) is -5.00. The van der Waals surface area contributed by atoms with Crippen LogP contribution in [0.1, 0.15) is 39.0 Å². The lowest BCUT2D eigenvalue weighted by molar-refractivity contribution is -0.0500. The maximum Gasteiger partial charge on any atom is 0.534 e. The van der Waals surface area contributed by atoms with E-state index < -0.39 is 21.4 Å². The van der Waals surface area contributed by atoms with E-state index in [1.54, 1.807) is 0 Å². The quantitative estimate of drug-likeness (QED) is 0.316. The van der Waals surface area contributed by atoms with Crippen molar-refractivity contribution in [2.45, 2.75) is 44.5 Å². The summed E-state index contributed by atoms with van der Waals surface area (Å²) in [6.07, 6.45) is 8.64. The zero-order chi connectivity index (χ0) is 20.6. The highest BCUT2D eigenvalue weighted by molar-refractivity contribution is 7.88. The van der Waals surface area contributed by atoms with Crippen molar-refractivity contribution in [1.29, 1.82) is 0 Å². The molecular weight excluding hydrogens is 397 g/mol. The molecule has 0 aliphatic carbocycles. The minimum Gasteiger partial charge on any atom is -0.490 e. The number of alkyl halides is 3. The van der Waals surface area contributed by atoms with Crippen LogP contribution in [-0.4, -0.2) is 30.5 Å². The van der Waals surface area contributed by atoms with Crippen LogP contribution < -0.4 is 8.92 Å². The zero-order valence-electron chi connectivity index (χ0n) is 15.3. The molecule has 1 heterocycles. The monoisotopic (exact) mass is 418 g/mol. The molecule has 0 N–H and O–H groups in total. The third-order valence-electron chi connectivity index (χ3n) is 3.75. The molecule has 0 bridgehead atoms. The number of rotatable bonds is 10. The lowest BCUT2D eigenvalue weighted by Crippen LogP contribution is -2.28. The molecule has 0 spiro atoms. The van der Waals surface area contributed by atoms with Gasteiger partial charge in [0.2, 0.25) is 0 Å². The Kier molecular flexibility index (Phi) is 7.61. The summed E-state index contributed by atoms with van der Waals surface area (Å²) in [6.45, 7) is 2.73. The van der Waals surface area contributed by atoms with Gasteiger partial charge in [-0.3, -0.25) is 0 Å². The number of benzene rings is 1. The largest absolute Gasteiger partial charge is 0.534 e. The molecule has 1 aromatic carbocycles. The molecule has 10 heteroatoms. The van der Waals surface area contributed by atoms with Crippen LogP contribution in [0.3, 0.4) is 0 Å².